The number of sulfonamides is 1. The summed E-state index contributed by atoms with van der Waals surface area (Å²) >= 11 is 0. The highest BCUT2D eigenvalue weighted by Crippen LogP contribution is 2.21. The number of morpholine rings is 1. The van der Waals surface area contributed by atoms with E-state index in [-0.39, 0.29) is 10.8 Å². The molecule has 3 rings (SSSR count). The first-order valence-corrected chi connectivity index (χ1v) is 10.6. The van der Waals surface area contributed by atoms with Crippen LogP contribution in [-0.2, 0) is 19.6 Å². The molecule has 29 heavy (non-hydrogen) atoms. The van der Waals surface area contributed by atoms with Crippen molar-refractivity contribution in [2.75, 3.05) is 38.7 Å². The number of ether oxygens (including phenoxy) is 3. The van der Waals surface area contributed by atoms with Crippen molar-refractivity contribution >= 4 is 21.6 Å². The highest BCUT2D eigenvalue weighted by Gasteiger charge is 2.26. The van der Waals surface area contributed by atoms with E-state index in [9.17, 15) is 13.2 Å². The van der Waals surface area contributed by atoms with Gasteiger partial charge in [-0.05, 0) is 55.5 Å². The van der Waals surface area contributed by atoms with Gasteiger partial charge in [0.15, 0.2) is 6.10 Å². The number of methoxy groups -OCH3 is 1. The summed E-state index contributed by atoms with van der Waals surface area (Å²) in [4.78, 5) is 12.5. The molecule has 2 aromatic carbocycles. The van der Waals surface area contributed by atoms with E-state index in [1.165, 1.54) is 16.4 Å². The zero-order valence-corrected chi connectivity index (χ0v) is 17.1. The summed E-state index contributed by atoms with van der Waals surface area (Å²) in [6.45, 7) is 3.08. The molecule has 0 unspecified atom stereocenters. The molecule has 0 bridgehead atoms. The van der Waals surface area contributed by atoms with E-state index in [2.05, 4.69) is 5.32 Å². The van der Waals surface area contributed by atoms with E-state index in [0.717, 1.165) is 0 Å². The van der Waals surface area contributed by atoms with Gasteiger partial charge in [-0.1, -0.05) is 0 Å². The highest BCUT2D eigenvalue weighted by atomic mass is 32.2. The molecule has 0 radical (unpaired) electrons. The average molecular weight is 420 g/mol. The Labute approximate surface area is 170 Å². The van der Waals surface area contributed by atoms with E-state index >= 15 is 0 Å². The number of hydrogen-bond acceptors (Lipinski definition) is 6. The van der Waals surface area contributed by atoms with Crippen molar-refractivity contribution in [1.29, 1.82) is 0 Å². The SMILES string of the molecule is COc1ccc(O[C@H](C)C(=O)Nc2ccc(S(=O)(=O)N3CCOCC3)cc2)cc1. The zero-order chi connectivity index (χ0) is 20.9. The van der Waals surface area contributed by atoms with Crippen molar-refractivity contribution in [2.45, 2.75) is 17.9 Å². The van der Waals surface area contributed by atoms with Crippen LogP contribution < -0.4 is 14.8 Å². The lowest BCUT2D eigenvalue weighted by Crippen LogP contribution is -2.40. The first-order valence-electron chi connectivity index (χ1n) is 9.19. The molecule has 1 N–H and O–H groups in total. The number of amides is 1. The number of carbonyl (C=O) groups excluding carboxylic acids is 1. The zero-order valence-electron chi connectivity index (χ0n) is 16.3. The standard InChI is InChI=1S/C20H24N2O6S/c1-15(28-18-7-5-17(26-2)6-8-18)20(23)21-16-3-9-19(10-4-16)29(24,25)22-11-13-27-14-12-22/h3-10,15H,11-14H2,1-2H3,(H,21,23)/t15-/m1/s1. The number of nitrogens with one attached hydrogen (secondary N) is 1. The lowest BCUT2D eigenvalue weighted by atomic mass is 10.3. The van der Waals surface area contributed by atoms with Gasteiger partial charge in [-0.15, -0.1) is 0 Å². The molecule has 1 heterocycles. The number of carbonyl (C=O) groups is 1. The highest BCUT2D eigenvalue weighted by molar-refractivity contribution is 7.89. The first-order chi connectivity index (χ1) is 13.9. The third-order valence-electron chi connectivity index (χ3n) is 4.47. The Morgan fingerprint density at radius 1 is 1.03 bits per heavy atom. The number of nitrogens with zero attached hydrogens (tertiary/aromatic N) is 1. The van der Waals surface area contributed by atoms with Crippen LogP contribution in [-0.4, -0.2) is 58.1 Å². The fraction of sp³-hybridized carbons (Fsp3) is 0.350. The molecular formula is C20H24N2O6S. The monoisotopic (exact) mass is 420 g/mol. The van der Waals surface area contributed by atoms with E-state index < -0.39 is 16.1 Å². The van der Waals surface area contributed by atoms with E-state index in [0.29, 0.717) is 43.5 Å². The third kappa shape index (κ3) is 5.26. The Morgan fingerprint density at radius 3 is 2.21 bits per heavy atom. The van der Waals surface area contributed by atoms with Crippen LogP contribution in [0, 0.1) is 0 Å². The lowest BCUT2D eigenvalue weighted by molar-refractivity contribution is -0.122. The maximum Gasteiger partial charge on any atom is 0.265 e. The van der Waals surface area contributed by atoms with Crippen molar-refractivity contribution in [3.05, 3.63) is 48.5 Å². The van der Waals surface area contributed by atoms with Crippen LogP contribution in [0.2, 0.25) is 0 Å². The number of anilines is 1. The second-order valence-electron chi connectivity index (χ2n) is 6.47. The summed E-state index contributed by atoms with van der Waals surface area (Å²) in [7, 11) is -1.99. The van der Waals surface area contributed by atoms with Crippen LogP contribution in [0.4, 0.5) is 5.69 Å². The second-order valence-corrected chi connectivity index (χ2v) is 8.40. The Balaban J connectivity index is 1.60. The van der Waals surface area contributed by atoms with E-state index in [4.69, 9.17) is 14.2 Å². The van der Waals surface area contributed by atoms with Gasteiger partial charge in [0.1, 0.15) is 11.5 Å². The molecule has 0 aromatic heterocycles. The van der Waals surface area contributed by atoms with Crippen molar-refractivity contribution < 1.29 is 27.4 Å². The molecule has 1 atom stereocenters. The summed E-state index contributed by atoms with van der Waals surface area (Å²) < 4.78 is 42.6. The Hall–Kier alpha value is -2.62. The van der Waals surface area contributed by atoms with Crippen LogP contribution in [0.5, 0.6) is 11.5 Å². The third-order valence-corrected chi connectivity index (χ3v) is 6.38. The largest absolute Gasteiger partial charge is 0.497 e. The van der Waals surface area contributed by atoms with Crippen LogP contribution in [0.25, 0.3) is 0 Å². The number of rotatable bonds is 7. The molecule has 1 aliphatic rings. The molecular weight excluding hydrogens is 396 g/mol. The summed E-state index contributed by atoms with van der Waals surface area (Å²) in [5, 5.41) is 2.73. The number of benzene rings is 2. The minimum atomic E-state index is -3.56. The maximum atomic E-state index is 12.6. The molecule has 1 fully saturated rings. The van der Waals surface area contributed by atoms with Gasteiger partial charge in [0.05, 0.1) is 25.2 Å². The van der Waals surface area contributed by atoms with E-state index in [1.54, 1.807) is 50.4 Å². The minimum Gasteiger partial charge on any atom is -0.497 e. The quantitative estimate of drug-likeness (QED) is 0.737. The van der Waals surface area contributed by atoms with Gasteiger partial charge < -0.3 is 19.5 Å². The molecule has 1 saturated heterocycles. The van der Waals surface area contributed by atoms with Crippen LogP contribution in [0.15, 0.2) is 53.4 Å². The topological polar surface area (TPSA) is 94.2 Å². The van der Waals surface area contributed by atoms with Crippen LogP contribution >= 0.6 is 0 Å². The summed E-state index contributed by atoms with van der Waals surface area (Å²) in [5.41, 5.74) is 0.487. The van der Waals surface area contributed by atoms with Gasteiger partial charge >= 0.3 is 0 Å². The van der Waals surface area contributed by atoms with E-state index in [1.807, 2.05) is 0 Å². The Morgan fingerprint density at radius 2 is 1.62 bits per heavy atom. The fourth-order valence-electron chi connectivity index (χ4n) is 2.80. The molecule has 0 spiro atoms. The van der Waals surface area contributed by atoms with Crippen molar-refractivity contribution in [2.24, 2.45) is 0 Å². The summed E-state index contributed by atoms with van der Waals surface area (Å²) in [6.07, 6.45) is -0.736. The predicted molar refractivity (Wildman–Crippen MR) is 108 cm³/mol. The van der Waals surface area contributed by atoms with Gasteiger partial charge in [-0.3, -0.25) is 4.79 Å². The predicted octanol–water partition coefficient (Wildman–Crippen LogP) is 2.12. The van der Waals surface area contributed by atoms with Gasteiger partial charge in [-0.25, -0.2) is 8.42 Å². The Bertz CT molecular complexity index is 922. The molecule has 1 aliphatic heterocycles. The summed E-state index contributed by atoms with van der Waals surface area (Å²) in [6, 6.07) is 13.0. The molecule has 1 amide bonds. The van der Waals surface area contributed by atoms with Crippen LogP contribution in [0.3, 0.4) is 0 Å². The van der Waals surface area contributed by atoms with Gasteiger partial charge in [-0.2, -0.15) is 4.31 Å². The second kappa shape index (κ2) is 9.25. The molecule has 2 aromatic rings. The van der Waals surface area contributed by atoms with Crippen molar-refractivity contribution in [3.8, 4) is 11.5 Å². The van der Waals surface area contributed by atoms with Gasteiger partial charge in [0.2, 0.25) is 10.0 Å². The molecule has 8 nitrogen and oxygen atoms in total. The average Bonchev–Trinajstić information content (AvgIpc) is 2.75. The Kier molecular flexibility index (Phi) is 6.73. The summed E-state index contributed by atoms with van der Waals surface area (Å²) in [5.74, 6) is 0.895. The molecule has 0 saturated carbocycles. The molecule has 0 aliphatic carbocycles. The first kappa shape index (κ1) is 21.1. The molecule has 156 valence electrons. The molecule has 9 heteroatoms. The smallest absolute Gasteiger partial charge is 0.265 e. The minimum absolute atomic E-state index is 0.180. The van der Waals surface area contributed by atoms with Gasteiger partial charge in [0.25, 0.3) is 5.91 Å². The van der Waals surface area contributed by atoms with Gasteiger partial charge in [0, 0.05) is 18.8 Å². The lowest BCUT2D eigenvalue weighted by Gasteiger charge is -2.26. The normalized spacial score (nSPS) is 16.1. The number of hydrogen-bond donors (Lipinski definition) is 1. The maximum absolute atomic E-state index is 12.6. The van der Waals surface area contributed by atoms with Crippen molar-refractivity contribution in [1.82, 2.24) is 4.31 Å². The van der Waals surface area contributed by atoms with Crippen LogP contribution in [0.1, 0.15) is 6.92 Å². The fourth-order valence-corrected chi connectivity index (χ4v) is 4.21. The van der Waals surface area contributed by atoms with Crippen molar-refractivity contribution in [3.63, 3.8) is 0 Å².